The number of hydrogen-bond acceptors (Lipinski definition) is 6. The second kappa shape index (κ2) is 13.6. The summed E-state index contributed by atoms with van der Waals surface area (Å²) >= 11 is 0. The number of hydrogen-bond donors (Lipinski definition) is 2. The first kappa shape index (κ1) is 27.1. The number of allylic oxidation sites excluding steroid dienone is 1. The number of rotatable bonds is 11. The number of piperidine rings is 1. The van der Waals surface area contributed by atoms with Crippen LogP contribution in [0.25, 0.3) is 10.9 Å². The molecule has 1 unspecified atom stereocenters. The van der Waals surface area contributed by atoms with Crippen molar-refractivity contribution in [3.63, 3.8) is 0 Å². The maximum Gasteiger partial charge on any atom is 0.276 e. The molecule has 3 heterocycles. The molecule has 1 atom stereocenters. The molecule has 1 aromatic carbocycles. The van der Waals surface area contributed by atoms with Gasteiger partial charge in [-0.3, -0.25) is 4.79 Å². The Hall–Kier alpha value is -2.94. The van der Waals surface area contributed by atoms with Crippen molar-refractivity contribution in [3.05, 3.63) is 60.1 Å². The van der Waals surface area contributed by atoms with Crippen molar-refractivity contribution in [2.45, 2.75) is 51.7 Å². The van der Waals surface area contributed by atoms with Gasteiger partial charge in [0.1, 0.15) is 5.82 Å². The zero-order valence-electron chi connectivity index (χ0n) is 22.2. The fourth-order valence-electron chi connectivity index (χ4n) is 5.03. The zero-order chi connectivity index (χ0) is 26.0. The molecule has 2 aliphatic rings. The minimum absolute atomic E-state index is 0.331. The zero-order valence-corrected chi connectivity index (χ0v) is 22.2. The van der Waals surface area contributed by atoms with Gasteiger partial charge >= 0.3 is 0 Å². The Kier molecular flexibility index (Phi) is 9.93. The highest BCUT2D eigenvalue weighted by Crippen LogP contribution is 2.22. The topological polar surface area (TPSA) is 82.2 Å². The number of ether oxygens (including phenoxy) is 1. The number of fused-ring (bicyclic) bond motifs is 1. The average molecular weight is 508 g/mol. The molecule has 2 fully saturated rings. The van der Waals surface area contributed by atoms with E-state index in [9.17, 15) is 4.79 Å². The highest BCUT2D eigenvalue weighted by Gasteiger charge is 2.21. The first-order valence-corrected chi connectivity index (χ1v) is 13.5. The number of nitrogens with zero attached hydrogens (tertiary/aromatic N) is 3. The summed E-state index contributed by atoms with van der Waals surface area (Å²) in [4.78, 5) is 30.3. The Morgan fingerprint density at radius 3 is 2.86 bits per heavy atom. The number of para-hydroxylation sites is 1. The van der Waals surface area contributed by atoms with E-state index >= 15 is 0 Å². The fourth-order valence-corrected chi connectivity index (χ4v) is 5.03. The number of likely N-dealkylation sites (N-methyl/N-ethyl adjacent to an activating group) is 1. The number of likely N-dealkylation sites (tertiary alicyclic amines) is 1. The molecule has 2 aliphatic heterocycles. The molecule has 0 radical (unpaired) electrons. The summed E-state index contributed by atoms with van der Waals surface area (Å²) < 4.78 is 5.48. The van der Waals surface area contributed by atoms with Crippen LogP contribution in [-0.4, -0.2) is 73.0 Å². The van der Waals surface area contributed by atoms with Crippen LogP contribution in [0.4, 0.5) is 0 Å². The smallest absolute Gasteiger partial charge is 0.276 e. The maximum atomic E-state index is 12.4. The molecule has 200 valence electrons. The van der Waals surface area contributed by atoms with Gasteiger partial charge < -0.3 is 19.5 Å². The van der Waals surface area contributed by atoms with E-state index in [1.54, 1.807) is 19.2 Å². The monoisotopic (exact) mass is 507 g/mol. The van der Waals surface area contributed by atoms with Crippen molar-refractivity contribution in [2.75, 3.05) is 39.8 Å². The number of hydroxylamine groups is 1. The van der Waals surface area contributed by atoms with Crippen LogP contribution in [0.1, 0.15) is 44.6 Å². The van der Waals surface area contributed by atoms with Gasteiger partial charge in [-0.25, -0.2) is 15.3 Å². The fraction of sp³-hybridized carbons (Fsp3) is 0.517. The lowest BCUT2D eigenvalue weighted by molar-refractivity contribution is -0.198. The summed E-state index contributed by atoms with van der Waals surface area (Å²) in [5.74, 6) is 1.02. The summed E-state index contributed by atoms with van der Waals surface area (Å²) in [6.07, 6.45) is 11.2. The summed E-state index contributed by atoms with van der Waals surface area (Å²) in [5.41, 5.74) is 5.51. The summed E-state index contributed by atoms with van der Waals surface area (Å²) in [7, 11) is 2.22. The van der Waals surface area contributed by atoms with Crippen LogP contribution in [0.15, 0.2) is 59.5 Å². The quantitative estimate of drug-likeness (QED) is 0.267. The Labute approximate surface area is 220 Å². The number of carbonyl (C=O) groups is 1. The predicted molar refractivity (Wildman–Crippen MR) is 148 cm³/mol. The maximum absolute atomic E-state index is 12.4. The molecule has 0 saturated carbocycles. The van der Waals surface area contributed by atoms with Crippen molar-refractivity contribution < 1.29 is 14.4 Å². The Morgan fingerprint density at radius 1 is 1.30 bits per heavy atom. The molecule has 1 amide bonds. The van der Waals surface area contributed by atoms with Crippen LogP contribution in [0, 0.1) is 5.92 Å². The lowest BCUT2D eigenvalue weighted by Gasteiger charge is -2.34. The largest absolute Gasteiger partial charge is 0.361 e. The van der Waals surface area contributed by atoms with E-state index in [1.165, 1.54) is 16.5 Å². The van der Waals surface area contributed by atoms with Crippen molar-refractivity contribution in [2.24, 2.45) is 10.9 Å². The van der Waals surface area contributed by atoms with E-state index in [-0.39, 0.29) is 12.2 Å². The van der Waals surface area contributed by atoms with Gasteiger partial charge in [0.15, 0.2) is 6.29 Å². The Morgan fingerprint density at radius 2 is 2.11 bits per heavy atom. The van der Waals surface area contributed by atoms with Gasteiger partial charge in [0, 0.05) is 62.5 Å². The summed E-state index contributed by atoms with van der Waals surface area (Å²) in [6, 6.07) is 8.49. The second-order valence-electron chi connectivity index (χ2n) is 10.1. The van der Waals surface area contributed by atoms with E-state index in [0.717, 1.165) is 64.7 Å². The number of benzene rings is 1. The normalized spacial score (nSPS) is 19.7. The van der Waals surface area contributed by atoms with Crippen LogP contribution in [-0.2, 0) is 20.8 Å². The van der Waals surface area contributed by atoms with E-state index in [4.69, 9.17) is 9.57 Å². The number of H-pyrrole nitrogens is 1. The minimum Gasteiger partial charge on any atom is -0.361 e. The van der Waals surface area contributed by atoms with Gasteiger partial charge in [0.05, 0.1) is 5.57 Å². The third-order valence-corrected chi connectivity index (χ3v) is 7.33. The number of amides is 1. The van der Waals surface area contributed by atoms with Gasteiger partial charge in [0.2, 0.25) is 0 Å². The molecule has 0 bridgehead atoms. The summed E-state index contributed by atoms with van der Waals surface area (Å²) in [6.45, 7) is 10.6. The van der Waals surface area contributed by atoms with Gasteiger partial charge in [0.25, 0.3) is 5.91 Å². The first-order chi connectivity index (χ1) is 18.0. The number of aromatic amines is 1. The first-order valence-electron chi connectivity index (χ1n) is 13.5. The molecule has 2 aromatic rings. The van der Waals surface area contributed by atoms with E-state index < -0.39 is 0 Å². The molecule has 1 aromatic heterocycles. The van der Waals surface area contributed by atoms with Gasteiger partial charge in [-0.15, -0.1) is 0 Å². The second-order valence-corrected chi connectivity index (χ2v) is 10.1. The van der Waals surface area contributed by atoms with E-state index in [0.29, 0.717) is 23.9 Å². The van der Waals surface area contributed by atoms with E-state index in [1.807, 2.05) is 0 Å². The van der Waals surface area contributed by atoms with Crippen LogP contribution in [0.2, 0.25) is 0 Å². The average Bonchev–Trinajstić information content (AvgIpc) is 3.35. The number of aliphatic imine (C=N–C) groups is 1. The molecule has 2 N–H and O–H groups in total. The lowest BCUT2D eigenvalue weighted by atomic mass is 9.96. The third-order valence-electron chi connectivity index (χ3n) is 7.33. The number of nitrogens with one attached hydrogen (secondary N) is 2. The summed E-state index contributed by atoms with van der Waals surface area (Å²) in [5, 5.41) is 1.33. The molecule has 2 saturated heterocycles. The number of aromatic nitrogens is 1. The van der Waals surface area contributed by atoms with Crippen molar-refractivity contribution >= 4 is 23.0 Å². The lowest BCUT2D eigenvalue weighted by Crippen LogP contribution is -2.37. The van der Waals surface area contributed by atoms with Gasteiger partial charge in [-0.1, -0.05) is 30.9 Å². The van der Waals surface area contributed by atoms with Gasteiger partial charge in [-0.05, 0) is 63.6 Å². The van der Waals surface area contributed by atoms with E-state index in [2.05, 4.69) is 69.3 Å². The number of carbonyl (C=O) groups excluding carboxylic acids is 1. The molecule has 0 aliphatic carbocycles. The molecule has 0 spiro atoms. The van der Waals surface area contributed by atoms with Gasteiger partial charge in [-0.2, -0.15) is 0 Å². The van der Waals surface area contributed by atoms with Crippen LogP contribution in [0.3, 0.4) is 0 Å². The Balaban J connectivity index is 1.16. The highest BCUT2D eigenvalue weighted by atomic mass is 16.8. The predicted octanol–water partition coefficient (Wildman–Crippen LogP) is 4.42. The van der Waals surface area contributed by atoms with Crippen LogP contribution >= 0.6 is 0 Å². The molecule has 4 rings (SSSR count). The van der Waals surface area contributed by atoms with Crippen LogP contribution in [0.5, 0.6) is 0 Å². The minimum atomic E-state index is -0.378. The standard InChI is InChI=1S/C29H41N5O3/c1-4-24(29(35)32-37-28-11-7-8-18-36-28)19-30-22(2)34-16-12-23(13-17-34)21-33(3)15-14-25-20-31-27-10-6-5-9-26(25)27/h4-6,9-10,19-20,23,28,31H,2,7-8,11-18,21H2,1,3H3,(H,32,35)/b24-4+,30-19-. The molecular weight excluding hydrogens is 466 g/mol. The molecule has 8 nitrogen and oxygen atoms in total. The third kappa shape index (κ3) is 7.77. The van der Waals surface area contributed by atoms with Crippen molar-refractivity contribution in [1.82, 2.24) is 20.3 Å². The molecule has 37 heavy (non-hydrogen) atoms. The Bertz CT molecular complexity index is 1090. The SMILES string of the molecule is C=C(/N=C\C(=C/C)C(=O)NOC1CCCCO1)N1CCC(CN(C)CCc2c[nH]c3ccccc23)CC1. The molecule has 8 heteroatoms. The highest BCUT2D eigenvalue weighted by molar-refractivity contribution is 6.11. The van der Waals surface area contributed by atoms with Crippen molar-refractivity contribution in [1.29, 1.82) is 0 Å². The van der Waals surface area contributed by atoms with Crippen LogP contribution < -0.4 is 5.48 Å². The molecular formula is C29H41N5O3. The van der Waals surface area contributed by atoms with Crippen molar-refractivity contribution in [3.8, 4) is 0 Å².